The minimum absolute atomic E-state index is 0.00200. The summed E-state index contributed by atoms with van der Waals surface area (Å²) in [6.07, 6.45) is 0.807. The Bertz CT molecular complexity index is 492. The summed E-state index contributed by atoms with van der Waals surface area (Å²) < 4.78 is 0. The molecule has 0 atom stereocenters. The molecule has 6 nitrogen and oxygen atoms in total. The summed E-state index contributed by atoms with van der Waals surface area (Å²) in [5.74, 6) is -1.12. The summed E-state index contributed by atoms with van der Waals surface area (Å²) in [5, 5.41) is 14.5. The lowest BCUT2D eigenvalue weighted by atomic mass is 10.2. The molecule has 0 saturated carbocycles. The third-order valence-corrected chi connectivity index (χ3v) is 2.76. The van der Waals surface area contributed by atoms with Crippen molar-refractivity contribution in [3.05, 3.63) is 28.8 Å². The summed E-state index contributed by atoms with van der Waals surface area (Å²) in [6.45, 7) is 1.37. The summed E-state index contributed by atoms with van der Waals surface area (Å²) >= 11 is 5.80. The third-order valence-electron chi connectivity index (χ3n) is 2.53. The zero-order valence-corrected chi connectivity index (χ0v) is 12.2. The molecule has 0 saturated heterocycles. The predicted molar refractivity (Wildman–Crippen MR) is 78.6 cm³/mol. The molecule has 1 aromatic rings. The first kappa shape index (κ1) is 16.3. The first-order valence-electron chi connectivity index (χ1n) is 6.12. The van der Waals surface area contributed by atoms with Gasteiger partial charge in [0.05, 0.1) is 11.3 Å². The van der Waals surface area contributed by atoms with Crippen LogP contribution in [-0.4, -0.2) is 49.2 Å². The molecule has 0 radical (unpaired) electrons. The number of carbonyl (C=O) groups is 2. The first-order valence-corrected chi connectivity index (χ1v) is 6.50. The molecule has 0 aliphatic rings. The highest BCUT2D eigenvalue weighted by Crippen LogP contribution is 2.21. The van der Waals surface area contributed by atoms with Crippen molar-refractivity contribution >= 4 is 29.3 Å². The zero-order chi connectivity index (χ0) is 15.1. The largest absolute Gasteiger partial charge is 0.478 e. The standard InChI is InChI=1S/C13H18ClN3O3/c1-17(2)7-3-6-15-13(20)16-11-8-9(14)4-5-10(11)12(18)19/h4-5,8H,3,6-7H2,1-2H3,(H,18,19)(H2,15,16,20). The van der Waals surface area contributed by atoms with Gasteiger partial charge >= 0.3 is 12.0 Å². The molecule has 1 rings (SSSR count). The van der Waals surface area contributed by atoms with Crippen molar-refractivity contribution in [3.8, 4) is 0 Å². The number of carboxylic acid groups (broad SMARTS) is 1. The highest BCUT2D eigenvalue weighted by Gasteiger charge is 2.12. The molecule has 1 aromatic carbocycles. The second-order valence-corrected chi connectivity index (χ2v) is 4.97. The number of carboxylic acids is 1. The van der Waals surface area contributed by atoms with Gasteiger partial charge in [0, 0.05) is 11.6 Å². The van der Waals surface area contributed by atoms with E-state index in [1.807, 2.05) is 19.0 Å². The van der Waals surface area contributed by atoms with E-state index in [2.05, 4.69) is 10.6 Å². The van der Waals surface area contributed by atoms with E-state index >= 15 is 0 Å². The van der Waals surface area contributed by atoms with Crippen molar-refractivity contribution in [1.29, 1.82) is 0 Å². The molecule has 0 aromatic heterocycles. The van der Waals surface area contributed by atoms with Crippen molar-refractivity contribution in [2.75, 3.05) is 32.5 Å². The number of nitrogens with one attached hydrogen (secondary N) is 2. The second kappa shape index (κ2) is 7.72. The van der Waals surface area contributed by atoms with E-state index in [1.54, 1.807) is 0 Å². The van der Waals surface area contributed by atoms with Crippen molar-refractivity contribution < 1.29 is 14.7 Å². The Morgan fingerprint density at radius 1 is 1.35 bits per heavy atom. The van der Waals surface area contributed by atoms with Crippen LogP contribution in [0.1, 0.15) is 16.8 Å². The number of rotatable bonds is 6. The number of hydrogen-bond acceptors (Lipinski definition) is 3. The molecule has 0 aliphatic carbocycles. The van der Waals surface area contributed by atoms with Crippen LogP contribution in [-0.2, 0) is 0 Å². The summed E-state index contributed by atoms with van der Waals surface area (Å²) in [7, 11) is 3.90. The lowest BCUT2D eigenvalue weighted by molar-refractivity contribution is 0.0698. The highest BCUT2D eigenvalue weighted by atomic mass is 35.5. The molecule has 0 unspecified atom stereocenters. The van der Waals surface area contributed by atoms with E-state index in [9.17, 15) is 9.59 Å². The smallest absolute Gasteiger partial charge is 0.337 e. The quantitative estimate of drug-likeness (QED) is 0.703. The van der Waals surface area contributed by atoms with Gasteiger partial charge < -0.3 is 20.6 Å². The average Bonchev–Trinajstić information content (AvgIpc) is 2.34. The maximum absolute atomic E-state index is 11.7. The molecule has 7 heteroatoms. The van der Waals surface area contributed by atoms with Gasteiger partial charge in [-0.1, -0.05) is 11.6 Å². The van der Waals surface area contributed by atoms with Crippen LogP contribution in [0.4, 0.5) is 10.5 Å². The summed E-state index contributed by atoms with van der Waals surface area (Å²) in [4.78, 5) is 24.7. The number of halogens is 1. The van der Waals surface area contributed by atoms with Gasteiger partial charge in [-0.2, -0.15) is 0 Å². The lowest BCUT2D eigenvalue weighted by Gasteiger charge is -2.12. The fourth-order valence-corrected chi connectivity index (χ4v) is 1.74. The number of benzene rings is 1. The highest BCUT2D eigenvalue weighted by molar-refractivity contribution is 6.31. The van der Waals surface area contributed by atoms with Crippen molar-refractivity contribution in [3.63, 3.8) is 0 Å². The van der Waals surface area contributed by atoms with Crippen molar-refractivity contribution in [1.82, 2.24) is 10.2 Å². The topological polar surface area (TPSA) is 81.7 Å². The van der Waals surface area contributed by atoms with Gasteiger partial charge in [0.25, 0.3) is 0 Å². The molecule has 2 amide bonds. The Morgan fingerprint density at radius 3 is 2.65 bits per heavy atom. The summed E-state index contributed by atoms with van der Waals surface area (Å²) in [5.41, 5.74) is 0.174. The number of anilines is 1. The van der Waals surface area contributed by atoms with Crippen LogP contribution >= 0.6 is 11.6 Å². The Labute approximate surface area is 122 Å². The van der Waals surface area contributed by atoms with Crippen molar-refractivity contribution in [2.45, 2.75) is 6.42 Å². The van der Waals surface area contributed by atoms with Gasteiger partial charge in [-0.25, -0.2) is 9.59 Å². The predicted octanol–water partition coefficient (Wildman–Crippen LogP) is 2.11. The fraction of sp³-hybridized carbons (Fsp3) is 0.385. The van der Waals surface area contributed by atoms with Gasteiger partial charge in [-0.05, 0) is 45.3 Å². The molecule has 0 heterocycles. The van der Waals surface area contributed by atoms with Crippen molar-refractivity contribution in [2.24, 2.45) is 0 Å². The number of amides is 2. The SMILES string of the molecule is CN(C)CCCNC(=O)Nc1cc(Cl)ccc1C(=O)O. The van der Waals surface area contributed by atoms with Crippen LogP contribution in [0.2, 0.25) is 5.02 Å². The Kier molecular flexibility index (Phi) is 6.27. The molecule has 3 N–H and O–H groups in total. The minimum atomic E-state index is -1.12. The molecular formula is C13H18ClN3O3. The van der Waals surface area contributed by atoms with Crippen LogP contribution in [0.25, 0.3) is 0 Å². The molecule has 20 heavy (non-hydrogen) atoms. The lowest BCUT2D eigenvalue weighted by Crippen LogP contribution is -2.31. The Morgan fingerprint density at radius 2 is 2.05 bits per heavy atom. The maximum atomic E-state index is 11.7. The molecular weight excluding hydrogens is 282 g/mol. The number of carbonyl (C=O) groups excluding carboxylic acids is 1. The van der Waals surface area contributed by atoms with Gasteiger partial charge in [0.1, 0.15) is 0 Å². The molecule has 0 fully saturated rings. The van der Waals surface area contributed by atoms with E-state index < -0.39 is 12.0 Å². The van der Waals surface area contributed by atoms with Crippen LogP contribution in [0.3, 0.4) is 0 Å². The van der Waals surface area contributed by atoms with E-state index in [0.717, 1.165) is 13.0 Å². The number of nitrogens with zero attached hydrogens (tertiary/aromatic N) is 1. The van der Waals surface area contributed by atoms with Gasteiger partial charge in [0.2, 0.25) is 0 Å². The second-order valence-electron chi connectivity index (χ2n) is 4.53. The van der Waals surface area contributed by atoms with E-state index in [0.29, 0.717) is 11.6 Å². The van der Waals surface area contributed by atoms with E-state index in [4.69, 9.17) is 16.7 Å². The Balaban J connectivity index is 2.57. The van der Waals surface area contributed by atoms with E-state index in [-0.39, 0.29) is 11.3 Å². The Hall–Kier alpha value is -1.79. The van der Waals surface area contributed by atoms with Gasteiger partial charge in [0.15, 0.2) is 0 Å². The third kappa shape index (κ3) is 5.46. The zero-order valence-electron chi connectivity index (χ0n) is 11.4. The van der Waals surface area contributed by atoms with E-state index in [1.165, 1.54) is 18.2 Å². The number of aromatic carboxylic acids is 1. The number of urea groups is 1. The van der Waals surface area contributed by atoms with Crippen LogP contribution in [0, 0.1) is 0 Å². The van der Waals surface area contributed by atoms with Crippen LogP contribution in [0.5, 0.6) is 0 Å². The van der Waals surface area contributed by atoms with Crippen LogP contribution < -0.4 is 10.6 Å². The van der Waals surface area contributed by atoms with Gasteiger partial charge in [-0.15, -0.1) is 0 Å². The minimum Gasteiger partial charge on any atom is -0.478 e. The molecule has 0 bridgehead atoms. The molecule has 110 valence electrons. The normalized spacial score (nSPS) is 10.4. The summed E-state index contributed by atoms with van der Waals surface area (Å²) in [6, 6.07) is 3.77. The fourth-order valence-electron chi connectivity index (χ4n) is 1.57. The average molecular weight is 300 g/mol. The van der Waals surface area contributed by atoms with Crippen LogP contribution in [0.15, 0.2) is 18.2 Å². The van der Waals surface area contributed by atoms with Gasteiger partial charge in [-0.3, -0.25) is 0 Å². The molecule has 0 spiro atoms. The maximum Gasteiger partial charge on any atom is 0.337 e. The monoisotopic (exact) mass is 299 g/mol. The first-order chi connectivity index (χ1) is 9.40. The number of hydrogen-bond donors (Lipinski definition) is 3. The molecule has 0 aliphatic heterocycles.